The molecule has 1 aromatic carbocycles. The number of phenols is 1. The highest BCUT2D eigenvalue weighted by Crippen LogP contribution is 2.57. The van der Waals surface area contributed by atoms with E-state index in [0.717, 1.165) is 0 Å². The van der Waals surface area contributed by atoms with E-state index in [1.54, 1.807) is 46.8 Å². The van der Waals surface area contributed by atoms with Crippen molar-refractivity contribution in [1.82, 2.24) is 10.2 Å². The number of rotatable bonds is 2. The molecule has 5 unspecified atom stereocenters. The van der Waals surface area contributed by atoms with Crippen LogP contribution in [0, 0.1) is 11.8 Å². The molecular formula is C27H34N2O8. The second-order valence-corrected chi connectivity index (χ2v) is 12.0. The Labute approximate surface area is 214 Å². The third kappa shape index (κ3) is 3.53. The van der Waals surface area contributed by atoms with E-state index in [9.17, 15) is 39.9 Å². The quantitative estimate of drug-likeness (QED) is 0.318. The number of carbonyl (C=O) groups is 3. The van der Waals surface area contributed by atoms with Crippen molar-refractivity contribution in [3.05, 3.63) is 52.0 Å². The second kappa shape index (κ2) is 8.14. The fourth-order valence-corrected chi connectivity index (χ4v) is 6.28. The molecule has 0 heterocycles. The molecule has 0 fully saturated rings. The van der Waals surface area contributed by atoms with Crippen LogP contribution in [0.15, 0.2) is 40.9 Å². The number of ketones is 2. The Morgan fingerprint density at radius 2 is 1.68 bits per heavy atom. The second-order valence-electron chi connectivity index (χ2n) is 12.0. The molecule has 0 radical (unpaired) electrons. The van der Waals surface area contributed by atoms with Gasteiger partial charge in [0.05, 0.1) is 23.6 Å². The van der Waals surface area contributed by atoms with Crippen LogP contribution in [0.3, 0.4) is 0 Å². The van der Waals surface area contributed by atoms with Crippen molar-refractivity contribution in [3.8, 4) is 5.75 Å². The molecule has 0 spiro atoms. The summed E-state index contributed by atoms with van der Waals surface area (Å²) >= 11 is 0. The van der Waals surface area contributed by atoms with Crippen LogP contribution in [-0.2, 0) is 15.0 Å². The zero-order valence-corrected chi connectivity index (χ0v) is 21.9. The number of hydrogen-bond donors (Lipinski definition) is 6. The van der Waals surface area contributed by atoms with Crippen LogP contribution in [0.1, 0.15) is 50.5 Å². The zero-order chi connectivity index (χ0) is 28.0. The van der Waals surface area contributed by atoms with Gasteiger partial charge in [0.1, 0.15) is 22.8 Å². The summed E-state index contributed by atoms with van der Waals surface area (Å²) in [6, 6.07) is 3.24. The van der Waals surface area contributed by atoms with Crippen LogP contribution in [0.5, 0.6) is 5.75 Å². The van der Waals surface area contributed by atoms with Gasteiger partial charge in [0.15, 0.2) is 11.4 Å². The maximum absolute atomic E-state index is 13.8. The van der Waals surface area contributed by atoms with Crippen LogP contribution in [-0.4, -0.2) is 85.3 Å². The van der Waals surface area contributed by atoms with Gasteiger partial charge in [0.2, 0.25) is 5.78 Å². The normalized spacial score (nSPS) is 31.2. The van der Waals surface area contributed by atoms with E-state index < -0.39 is 80.7 Å². The minimum atomic E-state index is -2.90. The average molecular weight is 515 g/mol. The summed E-state index contributed by atoms with van der Waals surface area (Å²) in [6.07, 6.45) is -1.61. The standard InChI is InChI=1S/C27H34N2O8/c1-25(2,3)28-24(36)15-20(32)18(29(6)7)17-21(33)16-14(22(34)27(17,37)23(15)35)19(31)13-11(26(16,4)5)9-8-10-12(13)30/h8-10,16-18,21,30,32-34,37H,1-7H3,(H,28,36). The van der Waals surface area contributed by atoms with Gasteiger partial charge in [-0.3, -0.25) is 19.3 Å². The molecule has 0 saturated heterocycles. The fourth-order valence-electron chi connectivity index (χ4n) is 6.28. The first-order valence-corrected chi connectivity index (χ1v) is 12.1. The third-order valence-corrected chi connectivity index (χ3v) is 7.83. The van der Waals surface area contributed by atoms with Crippen LogP contribution >= 0.6 is 0 Å². The lowest BCUT2D eigenvalue weighted by Gasteiger charge is -2.55. The molecule has 10 nitrogen and oxygen atoms in total. The summed E-state index contributed by atoms with van der Waals surface area (Å²) in [5.74, 6) is -7.76. The van der Waals surface area contributed by atoms with E-state index in [4.69, 9.17) is 0 Å². The Bertz CT molecular complexity index is 1290. The van der Waals surface area contributed by atoms with E-state index in [1.807, 2.05) is 0 Å². The largest absolute Gasteiger partial charge is 0.510 e. The van der Waals surface area contributed by atoms with Gasteiger partial charge in [-0.05, 0) is 46.5 Å². The van der Waals surface area contributed by atoms with Crippen LogP contribution in [0.25, 0.3) is 0 Å². The van der Waals surface area contributed by atoms with Crippen LogP contribution < -0.4 is 5.32 Å². The molecule has 3 aliphatic rings. The van der Waals surface area contributed by atoms with Gasteiger partial charge < -0.3 is 30.8 Å². The molecule has 37 heavy (non-hydrogen) atoms. The average Bonchev–Trinajstić information content (AvgIpc) is 2.75. The molecule has 1 amide bonds. The summed E-state index contributed by atoms with van der Waals surface area (Å²) in [6.45, 7) is 8.43. The summed E-state index contributed by atoms with van der Waals surface area (Å²) in [4.78, 5) is 42.0. The van der Waals surface area contributed by atoms with E-state index in [1.165, 1.54) is 25.1 Å². The molecule has 1 aromatic rings. The molecule has 4 rings (SSSR count). The molecule has 0 aliphatic heterocycles. The van der Waals surface area contributed by atoms with E-state index in [2.05, 4.69) is 5.32 Å². The first-order chi connectivity index (χ1) is 16.9. The van der Waals surface area contributed by atoms with Crippen molar-refractivity contribution >= 4 is 17.5 Å². The molecular weight excluding hydrogens is 480 g/mol. The van der Waals surface area contributed by atoms with Crippen molar-refractivity contribution in [2.45, 2.75) is 63.3 Å². The first-order valence-electron chi connectivity index (χ1n) is 12.1. The Balaban J connectivity index is 2.04. The van der Waals surface area contributed by atoms with Gasteiger partial charge in [-0.1, -0.05) is 26.0 Å². The Hall–Kier alpha value is -3.21. The maximum atomic E-state index is 13.8. The monoisotopic (exact) mass is 514 g/mol. The number of aromatic hydroxyl groups is 1. The maximum Gasteiger partial charge on any atom is 0.258 e. The van der Waals surface area contributed by atoms with E-state index >= 15 is 0 Å². The van der Waals surface area contributed by atoms with Gasteiger partial charge in [0.25, 0.3) is 5.91 Å². The van der Waals surface area contributed by atoms with Gasteiger partial charge in [-0.25, -0.2) is 0 Å². The Kier molecular flexibility index (Phi) is 5.91. The minimum Gasteiger partial charge on any atom is -0.510 e. The Morgan fingerprint density at radius 1 is 1.08 bits per heavy atom. The lowest BCUT2D eigenvalue weighted by Crippen LogP contribution is -2.70. The Morgan fingerprint density at radius 3 is 2.22 bits per heavy atom. The van der Waals surface area contributed by atoms with Crippen molar-refractivity contribution < 1.29 is 39.9 Å². The predicted octanol–water partition coefficient (Wildman–Crippen LogP) is 1.26. The predicted molar refractivity (Wildman–Crippen MR) is 133 cm³/mol. The lowest BCUT2D eigenvalue weighted by atomic mass is 9.51. The van der Waals surface area contributed by atoms with Crippen LogP contribution in [0.4, 0.5) is 0 Å². The van der Waals surface area contributed by atoms with Gasteiger partial charge in [-0.2, -0.15) is 0 Å². The number of phenolic OH excluding ortho intramolecular Hbond substituents is 1. The topological polar surface area (TPSA) is 168 Å². The number of amides is 1. The van der Waals surface area contributed by atoms with Gasteiger partial charge in [0, 0.05) is 22.4 Å². The summed E-state index contributed by atoms with van der Waals surface area (Å²) in [5, 5.41) is 59.5. The molecule has 10 heteroatoms. The number of aliphatic hydroxyl groups excluding tert-OH is 3. The number of Topliss-reactive ketones (excluding diaryl/α,β-unsaturated/α-hetero) is 2. The molecule has 5 atom stereocenters. The van der Waals surface area contributed by atoms with Crippen molar-refractivity contribution in [2.24, 2.45) is 11.8 Å². The highest BCUT2D eigenvalue weighted by molar-refractivity contribution is 6.25. The minimum absolute atomic E-state index is 0.101. The van der Waals surface area contributed by atoms with Crippen LogP contribution in [0.2, 0.25) is 0 Å². The summed E-state index contributed by atoms with van der Waals surface area (Å²) < 4.78 is 0. The van der Waals surface area contributed by atoms with E-state index in [0.29, 0.717) is 5.56 Å². The number of aliphatic hydroxyl groups is 4. The number of nitrogens with one attached hydrogen (secondary N) is 1. The highest BCUT2D eigenvalue weighted by Gasteiger charge is 2.68. The van der Waals surface area contributed by atoms with E-state index in [-0.39, 0.29) is 11.3 Å². The highest BCUT2D eigenvalue weighted by atomic mass is 16.4. The number of nitrogens with zero attached hydrogens (tertiary/aromatic N) is 1. The zero-order valence-electron chi connectivity index (χ0n) is 21.9. The molecule has 0 saturated carbocycles. The number of likely N-dealkylation sites (N-methyl/N-ethyl adjacent to an activating group) is 1. The third-order valence-electron chi connectivity index (χ3n) is 7.83. The summed E-state index contributed by atoms with van der Waals surface area (Å²) in [7, 11) is 3.06. The lowest BCUT2D eigenvalue weighted by molar-refractivity contribution is -0.164. The SMILES string of the molecule is CN(C)C1C(O)=C(C(=O)NC(C)(C)C)C(=O)C2(O)C(O)=C3C(=O)c4c(O)cccc4C(C)(C)C3C(O)C12. The molecule has 200 valence electrons. The molecule has 0 aromatic heterocycles. The molecule has 6 N–H and O–H groups in total. The number of benzene rings is 1. The molecule has 0 bridgehead atoms. The van der Waals surface area contributed by atoms with Gasteiger partial charge in [-0.15, -0.1) is 0 Å². The van der Waals surface area contributed by atoms with Crippen molar-refractivity contribution in [2.75, 3.05) is 14.1 Å². The van der Waals surface area contributed by atoms with Gasteiger partial charge >= 0.3 is 0 Å². The van der Waals surface area contributed by atoms with Crippen molar-refractivity contribution in [3.63, 3.8) is 0 Å². The number of carbonyl (C=O) groups excluding carboxylic acids is 3. The number of fused-ring (bicyclic) bond motifs is 3. The van der Waals surface area contributed by atoms with Crippen molar-refractivity contribution in [1.29, 1.82) is 0 Å². The smallest absolute Gasteiger partial charge is 0.258 e. The number of hydrogen-bond acceptors (Lipinski definition) is 9. The molecule has 3 aliphatic carbocycles. The fraction of sp³-hybridized carbons (Fsp3) is 0.519. The first kappa shape index (κ1) is 26.8. The summed E-state index contributed by atoms with van der Waals surface area (Å²) in [5.41, 5.74) is -5.60.